The second kappa shape index (κ2) is 7.79. The second-order valence-corrected chi connectivity index (χ2v) is 7.21. The molecule has 0 spiro atoms. The molecule has 2 aromatic carbocycles. The van der Waals surface area contributed by atoms with Crippen molar-refractivity contribution in [1.82, 2.24) is 10.3 Å². The largest absolute Gasteiger partial charge is 0.539 e. The summed E-state index contributed by atoms with van der Waals surface area (Å²) in [5.74, 6) is -0.554. The molecule has 0 fully saturated rings. The molecule has 2 aromatic heterocycles. The van der Waals surface area contributed by atoms with E-state index < -0.39 is 5.95 Å². The maximum atomic E-state index is 12.2. The number of hydrogen-bond donors (Lipinski definition) is 1. The third-order valence-electron chi connectivity index (χ3n) is 3.88. The first-order valence-electron chi connectivity index (χ1n) is 8.27. The van der Waals surface area contributed by atoms with Gasteiger partial charge in [0.25, 0.3) is 5.69 Å². The minimum absolute atomic E-state index is 0.259. The zero-order valence-electron chi connectivity index (χ0n) is 14.7. The van der Waals surface area contributed by atoms with E-state index in [9.17, 15) is 5.11 Å². The molecule has 0 aliphatic carbocycles. The Morgan fingerprint density at radius 1 is 1.18 bits per heavy atom. The topological polar surface area (TPSA) is 90.2 Å². The van der Waals surface area contributed by atoms with Crippen molar-refractivity contribution in [1.29, 1.82) is 0 Å². The van der Waals surface area contributed by atoms with Crippen LogP contribution in [0.2, 0.25) is 5.02 Å². The molecule has 9 heteroatoms. The van der Waals surface area contributed by atoms with Gasteiger partial charge in [-0.2, -0.15) is 5.10 Å². The van der Waals surface area contributed by atoms with Crippen LogP contribution in [0.1, 0.15) is 11.1 Å². The fourth-order valence-corrected chi connectivity index (χ4v) is 3.24. The van der Waals surface area contributed by atoms with Crippen LogP contribution in [-0.2, 0) is 0 Å². The van der Waals surface area contributed by atoms with Crippen molar-refractivity contribution in [3.63, 3.8) is 0 Å². The summed E-state index contributed by atoms with van der Waals surface area (Å²) in [5, 5.41) is 23.1. The highest BCUT2D eigenvalue weighted by Crippen LogP contribution is 2.28. The number of thiazole rings is 1. The molecule has 140 valence electrons. The highest BCUT2D eigenvalue weighted by molar-refractivity contribution is 7.14. The average molecular weight is 412 g/mol. The quantitative estimate of drug-likeness (QED) is 0.308. The molecule has 7 nitrogen and oxygen atoms in total. The molecular weight excluding hydrogens is 398 g/mol. The molecule has 0 atom stereocenters. The van der Waals surface area contributed by atoms with Crippen LogP contribution in [0, 0.1) is 6.92 Å². The SMILES string of the molecule is Cc1ccc(-[n+]2noc([O-])c2-c2csc(N/N=C/c3ccc(Cl)cc3)n2)cc1. The van der Waals surface area contributed by atoms with Gasteiger partial charge in [-0.1, -0.05) is 41.4 Å². The Labute approximate surface area is 169 Å². The number of aryl methyl sites for hydroxylation is 1. The first kappa shape index (κ1) is 18.1. The summed E-state index contributed by atoms with van der Waals surface area (Å²) in [6, 6.07) is 14.9. The Hall–Kier alpha value is -3.23. The van der Waals surface area contributed by atoms with E-state index in [1.54, 1.807) is 23.7 Å². The molecule has 0 unspecified atom stereocenters. The lowest BCUT2D eigenvalue weighted by Gasteiger charge is -1.96. The molecule has 4 aromatic rings. The van der Waals surface area contributed by atoms with Gasteiger partial charge in [0, 0.05) is 22.5 Å². The molecule has 28 heavy (non-hydrogen) atoms. The van der Waals surface area contributed by atoms with Gasteiger partial charge in [0.15, 0.2) is 11.6 Å². The molecule has 0 radical (unpaired) electrons. The number of anilines is 1. The Morgan fingerprint density at radius 2 is 1.93 bits per heavy atom. The van der Waals surface area contributed by atoms with E-state index in [1.807, 2.05) is 43.3 Å². The van der Waals surface area contributed by atoms with Crippen molar-refractivity contribution in [2.45, 2.75) is 6.92 Å². The smallest absolute Gasteiger partial charge is 0.289 e. The minimum Gasteiger partial charge on any atom is -0.539 e. The number of aromatic nitrogens is 3. The number of benzene rings is 2. The first-order valence-corrected chi connectivity index (χ1v) is 9.52. The highest BCUT2D eigenvalue weighted by Gasteiger charge is 2.24. The molecule has 0 saturated carbocycles. The molecule has 0 aliphatic rings. The van der Waals surface area contributed by atoms with Gasteiger partial charge in [0.1, 0.15) is 0 Å². The van der Waals surface area contributed by atoms with E-state index in [-0.39, 0.29) is 5.69 Å². The van der Waals surface area contributed by atoms with E-state index >= 15 is 0 Å². The molecule has 1 N–H and O–H groups in total. The Balaban J connectivity index is 1.55. The summed E-state index contributed by atoms with van der Waals surface area (Å²) in [5.41, 5.74) is 6.30. The second-order valence-electron chi connectivity index (χ2n) is 5.92. The van der Waals surface area contributed by atoms with Crippen molar-refractivity contribution >= 4 is 34.3 Å². The van der Waals surface area contributed by atoms with Gasteiger partial charge in [-0.15, -0.1) is 11.3 Å². The fraction of sp³-hybridized carbons (Fsp3) is 0.0526. The average Bonchev–Trinajstić information content (AvgIpc) is 3.30. The van der Waals surface area contributed by atoms with Crippen molar-refractivity contribution < 1.29 is 14.3 Å². The number of hydrogen-bond acceptors (Lipinski definition) is 7. The van der Waals surface area contributed by atoms with Gasteiger partial charge >= 0.3 is 0 Å². The first-order chi connectivity index (χ1) is 13.6. The summed E-state index contributed by atoms with van der Waals surface area (Å²) in [4.78, 5) is 4.41. The zero-order chi connectivity index (χ0) is 19.5. The van der Waals surface area contributed by atoms with Crippen LogP contribution in [0.15, 0.2) is 63.5 Å². The van der Waals surface area contributed by atoms with Crippen molar-refractivity contribution in [2.75, 3.05) is 5.43 Å². The maximum absolute atomic E-state index is 12.2. The zero-order valence-corrected chi connectivity index (χ0v) is 16.2. The van der Waals surface area contributed by atoms with Gasteiger partial charge in [-0.05, 0) is 29.3 Å². The van der Waals surface area contributed by atoms with Crippen LogP contribution >= 0.6 is 22.9 Å². The van der Waals surface area contributed by atoms with Crippen LogP contribution < -0.4 is 15.2 Å². The standard InChI is InChI=1S/C19H14ClN5O2S/c1-12-2-8-15(9-3-12)25-17(18(26)27-24-25)16-11-28-19(22-16)23-21-10-13-4-6-14(20)7-5-13/h2-11H,1H3,(H-,22,23,24,26)/b21-10+. The molecule has 0 saturated heterocycles. The summed E-state index contributed by atoms with van der Waals surface area (Å²) < 4.78 is 6.30. The number of nitrogens with one attached hydrogen (secondary N) is 1. The van der Waals surface area contributed by atoms with Gasteiger partial charge in [0.05, 0.1) is 11.5 Å². The Kier molecular flexibility index (Phi) is 5.05. The van der Waals surface area contributed by atoms with E-state index in [0.717, 1.165) is 16.8 Å². The lowest BCUT2D eigenvalue weighted by Crippen LogP contribution is -2.34. The van der Waals surface area contributed by atoms with Gasteiger partial charge < -0.3 is 9.63 Å². The van der Waals surface area contributed by atoms with Crippen molar-refractivity contribution in [3.8, 4) is 23.0 Å². The van der Waals surface area contributed by atoms with E-state index in [2.05, 4.69) is 20.8 Å². The summed E-state index contributed by atoms with van der Waals surface area (Å²) in [6.45, 7) is 1.99. The highest BCUT2D eigenvalue weighted by atomic mass is 35.5. The van der Waals surface area contributed by atoms with Crippen molar-refractivity contribution in [3.05, 3.63) is 70.1 Å². The lowest BCUT2D eigenvalue weighted by atomic mass is 10.2. The third-order valence-corrected chi connectivity index (χ3v) is 4.88. The van der Waals surface area contributed by atoms with Crippen LogP contribution in [0.4, 0.5) is 5.13 Å². The summed E-state index contributed by atoms with van der Waals surface area (Å²) in [7, 11) is 0. The van der Waals surface area contributed by atoms with Crippen LogP contribution in [0.3, 0.4) is 0 Å². The summed E-state index contributed by atoms with van der Waals surface area (Å²) in [6.07, 6.45) is 1.66. The van der Waals surface area contributed by atoms with Crippen LogP contribution in [0.5, 0.6) is 5.95 Å². The fourth-order valence-electron chi connectivity index (χ4n) is 2.47. The lowest BCUT2D eigenvalue weighted by molar-refractivity contribution is -0.660. The normalized spacial score (nSPS) is 11.2. The van der Waals surface area contributed by atoms with Crippen LogP contribution in [-0.4, -0.2) is 16.5 Å². The number of rotatable bonds is 5. The maximum Gasteiger partial charge on any atom is 0.289 e. The monoisotopic (exact) mass is 411 g/mol. The molecule has 0 amide bonds. The van der Waals surface area contributed by atoms with E-state index in [1.165, 1.54) is 16.0 Å². The van der Waals surface area contributed by atoms with Gasteiger partial charge in [-0.25, -0.2) is 4.98 Å². The van der Waals surface area contributed by atoms with Crippen molar-refractivity contribution in [2.24, 2.45) is 5.10 Å². The minimum atomic E-state index is -0.554. The molecule has 2 heterocycles. The van der Waals surface area contributed by atoms with Crippen LogP contribution in [0.25, 0.3) is 17.1 Å². The number of hydrazone groups is 1. The number of nitrogens with zero attached hydrogens (tertiary/aromatic N) is 4. The summed E-state index contributed by atoms with van der Waals surface area (Å²) >= 11 is 7.18. The van der Waals surface area contributed by atoms with E-state index in [4.69, 9.17) is 16.1 Å². The number of halogens is 1. The Bertz CT molecular complexity index is 1120. The molecular formula is C19H14ClN5O2S. The third kappa shape index (κ3) is 3.88. The predicted molar refractivity (Wildman–Crippen MR) is 106 cm³/mol. The van der Waals surface area contributed by atoms with Gasteiger partial charge in [0.2, 0.25) is 10.8 Å². The molecule has 4 rings (SSSR count). The van der Waals surface area contributed by atoms with Gasteiger partial charge in [-0.3, -0.25) is 5.43 Å². The van der Waals surface area contributed by atoms with E-state index in [0.29, 0.717) is 15.8 Å². The molecule has 0 bridgehead atoms. The molecule has 0 aliphatic heterocycles. The Morgan fingerprint density at radius 3 is 2.68 bits per heavy atom. The predicted octanol–water partition coefficient (Wildman–Crippen LogP) is 3.56.